The van der Waals surface area contributed by atoms with E-state index in [2.05, 4.69) is 5.32 Å². The summed E-state index contributed by atoms with van der Waals surface area (Å²) in [4.78, 5) is 23.3. The van der Waals surface area contributed by atoms with Gasteiger partial charge in [0.15, 0.2) is 11.6 Å². The summed E-state index contributed by atoms with van der Waals surface area (Å²) >= 11 is 0. The van der Waals surface area contributed by atoms with Gasteiger partial charge in [-0.3, -0.25) is 9.59 Å². The molecule has 1 aliphatic rings. The van der Waals surface area contributed by atoms with Crippen LogP contribution < -0.4 is 5.32 Å². The first-order chi connectivity index (χ1) is 10.9. The van der Waals surface area contributed by atoms with Crippen LogP contribution in [0, 0.1) is 23.5 Å². The van der Waals surface area contributed by atoms with Crippen LogP contribution in [0.25, 0.3) is 0 Å². The smallest absolute Gasteiger partial charge is 0.306 e. The maximum absolute atomic E-state index is 13.4. The average molecular weight is 327 g/mol. The van der Waals surface area contributed by atoms with Gasteiger partial charge >= 0.3 is 5.97 Å². The Balaban J connectivity index is 2.05. The molecule has 0 radical (unpaired) electrons. The first-order valence-corrected chi connectivity index (χ1v) is 7.39. The molecule has 126 valence electrons. The van der Waals surface area contributed by atoms with Crippen molar-refractivity contribution < 1.29 is 28.2 Å². The highest BCUT2D eigenvalue weighted by atomic mass is 19.2. The largest absolute Gasteiger partial charge is 0.481 e. The molecule has 1 unspecified atom stereocenters. The number of rotatable bonds is 6. The number of amides is 1. The minimum atomic E-state index is -0.996. The maximum Gasteiger partial charge on any atom is 0.306 e. The van der Waals surface area contributed by atoms with Gasteiger partial charge < -0.3 is 15.2 Å². The van der Waals surface area contributed by atoms with E-state index in [9.17, 15) is 18.4 Å². The van der Waals surface area contributed by atoms with Gasteiger partial charge in [0.2, 0.25) is 5.91 Å². The highest BCUT2D eigenvalue weighted by molar-refractivity contribution is 5.81. The number of carbonyl (C=O) groups is 2. The van der Waals surface area contributed by atoms with Gasteiger partial charge in [-0.25, -0.2) is 8.78 Å². The number of carbonyl (C=O) groups excluding carboxylic acids is 1. The van der Waals surface area contributed by atoms with Crippen LogP contribution in [0.4, 0.5) is 8.78 Å². The number of carboxylic acid groups (broad SMARTS) is 1. The Morgan fingerprint density at radius 1 is 1.30 bits per heavy atom. The molecular formula is C16H19F2NO4. The molecule has 0 heterocycles. The van der Waals surface area contributed by atoms with Crippen LogP contribution in [0.2, 0.25) is 0 Å². The fourth-order valence-electron chi connectivity index (χ4n) is 2.85. The number of methoxy groups -OCH3 is 1. The molecule has 0 bridgehead atoms. The standard InChI is InChI=1S/C16H19F2NO4/c1-23-8-14(9-4-5-12(17)13(18)7-9)19-15(20)10-2-3-11(6-10)16(21)22/h4-5,7,10-11,14H,2-3,6,8H2,1H3,(H,19,20)(H,21,22)/t10-,11+,14?/m1/s1. The number of hydrogen-bond acceptors (Lipinski definition) is 3. The van der Waals surface area contributed by atoms with Crippen LogP contribution in [-0.4, -0.2) is 30.7 Å². The minimum Gasteiger partial charge on any atom is -0.481 e. The van der Waals surface area contributed by atoms with Gasteiger partial charge in [0, 0.05) is 13.0 Å². The number of ether oxygens (including phenoxy) is 1. The minimum absolute atomic E-state index is 0.103. The molecule has 23 heavy (non-hydrogen) atoms. The van der Waals surface area contributed by atoms with E-state index in [4.69, 9.17) is 9.84 Å². The highest BCUT2D eigenvalue weighted by Gasteiger charge is 2.34. The monoisotopic (exact) mass is 327 g/mol. The van der Waals surface area contributed by atoms with E-state index >= 15 is 0 Å². The molecule has 1 saturated carbocycles. The Hall–Kier alpha value is -2.02. The predicted molar refractivity (Wildman–Crippen MR) is 77.6 cm³/mol. The third-order valence-corrected chi connectivity index (χ3v) is 4.15. The quantitative estimate of drug-likeness (QED) is 0.840. The second kappa shape index (κ2) is 7.50. The molecule has 3 atom stereocenters. The van der Waals surface area contributed by atoms with Crippen molar-refractivity contribution in [1.82, 2.24) is 5.32 Å². The van der Waals surface area contributed by atoms with Gasteiger partial charge in [-0.05, 0) is 37.0 Å². The van der Waals surface area contributed by atoms with Crippen molar-refractivity contribution in [3.8, 4) is 0 Å². The Kier molecular flexibility index (Phi) is 5.65. The summed E-state index contributed by atoms with van der Waals surface area (Å²) in [5.74, 6) is -4.04. The van der Waals surface area contributed by atoms with Crippen molar-refractivity contribution >= 4 is 11.9 Å². The molecule has 1 aliphatic carbocycles. The summed E-state index contributed by atoms with van der Waals surface area (Å²) in [6.45, 7) is 0.103. The molecule has 7 heteroatoms. The normalized spacial score (nSPS) is 21.9. The van der Waals surface area contributed by atoms with E-state index in [0.29, 0.717) is 24.8 Å². The lowest BCUT2D eigenvalue weighted by molar-refractivity contribution is -0.141. The summed E-state index contributed by atoms with van der Waals surface area (Å²) in [5.41, 5.74) is 0.395. The number of benzene rings is 1. The lowest BCUT2D eigenvalue weighted by Crippen LogP contribution is -2.35. The summed E-state index contributed by atoms with van der Waals surface area (Å²) in [6, 6.07) is 2.78. The van der Waals surface area contributed by atoms with Crippen LogP contribution in [0.5, 0.6) is 0 Å². The van der Waals surface area contributed by atoms with Gasteiger partial charge in [-0.2, -0.15) is 0 Å². The molecule has 5 nitrogen and oxygen atoms in total. The number of aliphatic carboxylic acids is 1. The molecular weight excluding hydrogens is 308 g/mol. The number of nitrogens with one attached hydrogen (secondary N) is 1. The Bertz CT molecular complexity index is 593. The Morgan fingerprint density at radius 2 is 2.00 bits per heavy atom. The molecule has 0 aromatic heterocycles. The van der Waals surface area contributed by atoms with Crippen molar-refractivity contribution in [1.29, 1.82) is 0 Å². The van der Waals surface area contributed by atoms with E-state index in [-0.39, 0.29) is 18.4 Å². The van der Waals surface area contributed by atoms with E-state index in [1.165, 1.54) is 13.2 Å². The number of hydrogen-bond donors (Lipinski definition) is 2. The van der Waals surface area contributed by atoms with Gasteiger partial charge in [0.1, 0.15) is 0 Å². The van der Waals surface area contributed by atoms with Crippen molar-refractivity contribution in [3.05, 3.63) is 35.4 Å². The van der Waals surface area contributed by atoms with Crippen LogP contribution in [0.3, 0.4) is 0 Å². The summed E-state index contributed by atoms with van der Waals surface area (Å²) < 4.78 is 31.4. The summed E-state index contributed by atoms with van der Waals surface area (Å²) in [7, 11) is 1.44. The maximum atomic E-state index is 13.4. The molecule has 1 aromatic carbocycles. The first-order valence-electron chi connectivity index (χ1n) is 7.39. The number of halogens is 2. The van der Waals surface area contributed by atoms with Gasteiger partial charge in [0.05, 0.1) is 18.6 Å². The third-order valence-electron chi connectivity index (χ3n) is 4.15. The zero-order chi connectivity index (χ0) is 17.0. The molecule has 0 spiro atoms. The predicted octanol–water partition coefficient (Wildman–Crippen LogP) is 2.27. The molecule has 2 rings (SSSR count). The molecule has 1 fully saturated rings. The highest BCUT2D eigenvalue weighted by Crippen LogP contribution is 2.31. The second-order valence-corrected chi connectivity index (χ2v) is 5.74. The lowest BCUT2D eigenvalue weighted by Gasteiger charge is -2.21. The van der Waals surface area contributed by atoms with Crippen molar-refractivity contribution in [2.45, 2.75) is 25.3 Å². The Labute approximate surface area is 132 Å². The fourth-order valence-corrected chi connectivity index (χ4v) is 2.85. The van der Waals surface area contributed by atoms with E-state index in [1.54, 1.807) is 0 Å². The van der Waals surface area contributed by atoms with Crippen LogP contribution in [0.1, 0.15) is 30.9 Å². The first kappa shape index (κ1) is 17.3. The van der Waals surface area contributed by atoms with Crippen LogP contribution >= 0.6 is 0 Å². The topological polar surface area (TPSA) is 75.6 Å². The van der Waals surface area contributed by atoms with Crippen LogP contribution in [0.15, 0.2) is 18.2 Å². The molecule has 1 aromatic rings. The van der Waals surface area contributed by atoms with E-state index in [1.807, 2.05) is 0 Å². The summed E-state index contributed by atoms with van der Waals surface area (Å²) in [5, 5.41) is 11.7. The lowest BCUT2D eigenvalue weighted by atomic mass is 10.0. The number of carboxylic acids is 1. The van der Waals surface area contributed by atoms with Crippen molar-refractivity contribution in [2.24, 2.45) is 11.8 Å². The molecule has 1 amide bonds. The fraction of sp³-hybridized carbons (Fsp3) is 0.500. The molecule has 2 N–H and O–H groups in total. The Morgan fingerprint density at radius 3 is 2.57 bits per heavy atom. The average Bonchev–Trinajstić information content (AvgIpc) is 3.00. The van der Waals surface area contributed by atoms with E-state index < -0.39 is 29.6 Å². The molecule has 0 saturated heterocycles. The zero-order valence-corrected chi connectivity index (χ0v) is 12.7. The van der Waals surface area contributed by atoms with Crippen molar-refractivity contribution in [2.75, 3.05) is 13.7 Å². The van der Waals surface area contributed by atoms with Crippen LogP contribution in [-0.2, 0) is 14.3 Å². The SMILES string of the molecule is COCC(NC(=O)[C@@H]1CC[C@H](C(=O)O)C1)c1ccc(F)c(F)c1. The zero-order valence-electron chi connectivity index (χ0n) is 12.7. The third kappa shape index (κ3) is 4.25. The van der Waals surface area contributed by atoms with E-state index in [0.717, 1.165) is 12.1 Å². The summed E-state index contributed by atoms with van der Waals surface area (Å²) in [6.07, 6.45) is 1.26. The van der Waals surface area contributed by atoms with Gasteiger partial charge in [-0.15, -0.1) is 0 Å². The molecule has 0 aliphatic heterocycles. The second-order valence-electron chi connectivity index (χ2n) is 5.74. The van der Waals surface area contributed by atoms with Gasteiger partial charge in [0.25, 0.3) is 0 Å². The van der Waals surface area contributed by atoms with Gasteiger partial charge in [-0.1, -0.05) is 6.07 Å². The van der Waals surface area contributed by atoms with Crippen molar-refractivity contribution in [3.63, 3.8) is 0 Å².